The van der Waals surface area contributed by atoms with E-state index in [0.29, 0.717) is 0 Å². The van der Waals surface area contributed by atoms with Crippen LogP contribution in [0, 0.1) is 0 Å². The van der Waals surface area contributed by atoms with Gasteiger partial charge >= 0.3 is 35.8 Å². The van der Waals surface area contributed by atoms with Crippen LogP contribution in [-0.2, 0) is 19.1 Å². The van der Waals surface area contributed by atoms with Gasteiger partial charge in [-0.1, -0.05) is 12.1 Å². The van der Waals surface area contributed by atoms with Crippen molar-refractivity contribution in [2.45, 2.75) is 12.8 Å². The number of carboxylic acids is 2. The average molecular weight is 414 g/mol. The molecule has 2 aromatic carbocycles. The molecule has 10 heteroatoms. The van der Waals surface area contributed by atoms with Crippen LogP contribution in [0.25, 0.3) is 0 Å². The molecular weight excluding hydrogens is 400 g/mol. The second-order valence-electron chi connectivity index (χ2n) is 5.79. The largest absolute Gasteiger partial charge is 0.478 e. The summed E-state index contributed by atoms with van der Waals surface area (Å²) in [6.07, 6.45) is 0.525. The van der Waals surface area contributed by atoms with Crippen molar-refractivity contribution in [3.05, 3.63) is 70.8 Å². The van der Waals surface area contributed by atoms with Gasteiger partial charge in [-0.3, -0.25) is 9.59 Å². The minimum atomic E-state index is -1.22. The molecule has 0 amide bonds. The summed E-state index contributed by atoms with van der Waals surface area (Å²) in [4.78, 5) is 65.5. The fourth-order valence-corrected chi connectivity index (χ4v) is 2.19. The molecule has 1 fully saturated rings. The Hall–Kier alpha value is -4.34. The Kier molecular flexibility index (Phi) is 7.12. The maximum absolute atomic E-state index is 11.9. The van der Waals surface area contributed by atoms with Gasteiger partial charge < -0.3 is 19.7 Å². The summed E-state index contributed by atoms with van der Waals surface area (Å²) >= 11 is 0. The average Bonchev–Trinajstić information content (AvgIpc) is 3.11. The molecule has 1 saturated heterocycles. The summed E-state index contributed by atoms with van der Waals surface area (Å²) < 4.78 is 8.71. The summed E-state index contributed by atoms with van der Waals surface area (Å²) in [7, 11) is 0. The molecule has 3 rings (SSSR count). The molecule has 0 radical (unpaired) electrons. The Balaban J connectivity index is 0.000000386. The molecule has 1 aliphatic heterocycles. The van der Waals surface area contributed by atoms with Crippen molar-refractivity contribution >= 4 is 35.8 Å². The maximum atomic E-state index is 11.9. The first-order chi connectivity index (χ1) is 14.2. The molecule has 10 nitrogen and oxygen atoms in total. The first kappa shape index (κ1) is 22.0. The minimum absolute atomic E-state index is 0.104. The maximum Gasteiger partial charge on any atom is 0.346 e. The SMILES string of the molecule is O=C(O)c1cccc(C(=O)OC(=O)c2cccc(C(=O)O)c2)c1.O=C1CCC(=O)O1. The van der Waals surface area contributed by atoms with Crippen molar-refractivity contribution in [1.29, 1.82) is 0 Å². The summed E-state index contributed by atoms with van der Waals surface area (Å²) in [5.41, 5.74) is -0.458. The second kappa shape index (κ2) is 9.73. The number of rotatable bonds is 4. The van der Waals surface area contributed by atoms with Crippen molar-refractivity contribution in [2.24, 2.45) is 0 Å². The number of hydrogen-bond acceptors (Lipinski definition) is 8. The van der Waals surface area contributed by atoms with E-state index in [-0.39, 0.29) is 35.1 Å². The predicted molar refractivity (Wildman–Crippen MR) is 96.9 cm³/mol. The van der Waals surface area contributed by atoms with Crippen LogP contribution in [0.2, 0.25) is 0 Å². The molecule has 2 N–H and O–H groups in total. The molecule has 0 aromatic heterocycles. The predicted octanol–water partition coefficient (Wildman–Crippen LogP) is 1.93. The molecular formula is C20H14O10. The lowest BCUT2D eigenvalue weighted by molar-refractivity contribution is -0.152. The first-order valence-corrected chi connectivity index (χ1v) is 8.34. The zero-order valence-electron chi connectivity index (χ0n) is 15.2. The molecule has 0 bridgehead atoms. The third-order valence-corrected chi connectivity index (χ3v) is 3.64. The highest BCUT2D eigenvalue weighted by Gasteiger charge is 2.19. The van der Waals surface area contributed by atoms with Gasteiger partial charge in [-0.15, -0.1) is 0 Å². The molecule has 2 aromatic rings. The number of hydrogen-bond donors (Lipinski definition) is 2. The van der Waals surface area contributed by atoms with E-state index >= 15 is 0 Å². The van der Waals surface area contributed by atoms with E-state index in [1.54, 1.807) is 0 Å². The van der Waals surface area contributed by atoms with Crippen molar-refractivity contribution in [3.63, 3.8) is 0 Å². The van der Waals surface area contributed by atoms with Gasteiger partial charge in [0.25, 0.3) is 0 Å². The smallest absolute Gasteiger partial charge is 0.346 e. The normalized spacial score (nSPS) is 12.3. The lowest BCUT2D eigenvalue weighted by atomic mass is 10.1. The van der Waals surface area contributed by atoms with Crippen LogP contribution in [0.3, 0.4) is 0 Å². The highest BCUT2D eigenvalue weighted by Crippen LogP contribution is 2.11. The van der Waals surface area contributed by atoms with Crippen molar-refractivity contribution in [3.8, 4) is 0 Å². The van der Waals surface area contributed by atoms with Gasteiger partial charge in [0.15, 0.2) is 0 Å². The molecule has 0 aliphatic carbocycles. The molecule has 0 unspecified atom stereocenters. The number of ether oxygens (including phenoxy) is 2. The Morgan fingerprint density at radius 1 is 0.700 bits per heavy atom. The summed E-state index contributed by atoms with van der Waals surface area (Å²) in [6.45, 7) is 0. The monoisotopic (exact) mass is 414 g/mol. The van der Waals surface area contributed by atoms with Gasteiger partial charge in [0, 0.05) is 0 Å². The quantitative estimate of drug-likeness (QED) is 0.558. The van der Waals surface area contributed by atoms with E-state index in [4.69, 9.17) is 10.2 Å². The minimum Gasteiger partial charge on any atom is -0.478 e. The van der Waals surface area contributed by atoms with Crippen LogP contribution in [0.5, 0.6) is 0 Å². The molecule has 30 heavy (non-hydrogen) atoms. The topological polar surface area (TPSA) is 161 Å². The van der Waals surface area contributed by atoms with Crippen LogP contribution in [0.15, 0.2) is 48.5 Å². The van der Waals surface area contributed by atoms with Crippen LogP contribution in [0.1, 0.15) is 54.3 Å². The fourth-order valence-electron chi connectivity index (χ4n) is 2.19. The Morgan fingerprint density at radius 3 is 1.37 bits per heavy atom. The van der Waals surface area contributed by atoms with Crippen LogP contribution in [0.4, 0.5) is 0 Å². The lowest BCUT2D eigenvalue weighted by Gasteiger charge is -2.04. The number of cyclic esters (lactones) is 2. The fraction of sp³-hybridized carbons (Fsp3) is 0.100. The number of aromatic carboxylic acids is 2. The molecule has 1 heterocycles. The Bertz CT molecular complexity index is 956. The van der Waals surface area contributed by atoms with E-state index < -0.39 is 35.8 Å². The number of carboxylic acid groups (broad SMARTS) is 2. The van der Waals surface area contributed by atoms with Gasteiger partial charge in [0.05, 0.1) is 35.1 Å². The molecule has 154 valence electrons. The van der Waals surface area contributed by atoms with Gasteiger partial charge in [-0.05, 0) is 36.4 Å². The van der Waals surface area contributed by atoms with Crippen LogP contribution >= 0.6 is 0 Å². The first-order valence-electron chi connectivity index (χ1n) is 8.34. The van der Waals surface area contributed by atoms with Crippen molar-refractivity contribution in [2.75, 3.05) is 0 Å². The second-order valence-corrected chi connectivity index (χ2v) is 5.79. The number of carbonyl (C=O) groups is 6. The number of carbonyl (C=O) groups excluding carboxylic acids is 4. The molecule has 0 atom stereocenters. The third-order valence-electron chi connectivity index (χ3n) is 3.64. The van der Waals surface area contributed by atoms with Gasteiger partial charge in [-0.2, -0.15) is 0 Å². The van der Waals surface area contributed by atoms with Crippen molar-refractivity contribution < 1.29 is 48.5 Å². The Labute approximate surface area is 168 Å². The van der Waals surface area contributed by atoms with E-state index in [2.05, 4.69) is 9.47 Å². The van der Waals surface area contributed by atoms with E-state index in [9.17, 15) is 28.8 Å². The van der Waals surface area contributed by atoms with E-state index in [1.807, 2.05) is 0 Å². The van der Waals surface area contributed by atoms with Crippen LogP contribution in [-0.4, -0.2) is 46.0 Å². The Morgan fingerprint density at radius 2 is 1.07 bits per heavy atom. The zero-order chi connectivity index (χ0) is 22.3. The van der Waals surface area contributed by atoms with E-state index in [1.165, 1.54) is 36.4 Å². The van der Waals surface area contributed by atoms with Gasteiger partial charge in [0.1, 0.15) is 0 Å². The number of benzene rings is 2. The summed E-state index contributed by atoms with van der Waals surface area (Å²) in [5, 5.41) is 17.7. The highest BCUT2D eigenvalue weighted by molar-refractivity contribution is 6.04. The highest BCUT2D eigenvalue weighted by atomic mass is 16.6. The number of esters is 4. The summed E-state index contributed by atoms with van der Waals surface area (Å²) in [5.74, 6) is -5.30. The molecule has 1 aliphatic rings. The van der Waals surface area contributed by atoms with Gasteiger partial charge in [-0.25, -0.2) is 19.2 Å². The lowest BCUT2D eigenvalue weighted by Crippen LogP contribution is -2.14. The van der Waals surface area contributed by atoms with E-state index in [0.717, 1.165) is 12.1 Å². The molecule has 0 spiro atoms. The van der Waals surface area contributed by atoms with Crippen LogP contribution < -0.4 is 0 Å². The third kappa shape index (κ3) is 6.09. The summed E-state index contributed by atoms with van der Waals surface area (Å²) in [6, 6.07) is 10.0. The van der Waals surface area contributed by atoms with Gasteiger partial charge in [0.2, 0.25) is 0 Å². The molecule has 0 saturated carbocycles. The standard InChI is InChI=1S/C16H10O7.C4H4O3/c17-13(18)9-3-1-5-11(7-9)15(21)23-16(22)12-6-2-4-10(8-12)14(19)20;5-3-1-2-4(6)7-3/h1-8H,(H,17,18)(H,19,20);1-2H2. The van der Waals surface area contributed by atoms with Crippen molar-refractivity contribution in [1.82, 2.24) is 0 Å². The zero-order valence-corrected chi connectivity index (χ0v) is 15.2.